The van der Waals surface area contributed by atoms with Crippen LogP contribution in [-0.2, 0) is 14.9 Å². The van der Waals surface area contributed by atoms with Gasteiger partial charge in [0.15, 0.2) is 0 Å². The number of benzene rings is 3. The van der Waals surface area contributed by atoms with Crippen molar-refractivity contribution in [1.29, 1.82) is 0 Å². The topological polar surface area (TPSA) is 110 Å². The van der Waals surface area contributed by atoms with E-state index >= 15 is 0 Å². The maximum absolute atomic E-state index is 14.6. The molecule has 5 atom stereocenters. The number of amides is 2. The first-order chi connectivity index (χ1) is 18.5. The van der Waals surface area contributed by atoms with Crippen LogP contribution in [-0.4, -0.2) is 39.8 Å². The summed E-state index contributed by atoms with van der Waals surface area (Å²) in [6.45, 7) is 7.01. The van der Waals surface area contributed by atoms with E-state index in [4.69, 9.17) is 4.74 Å². The highest BCUT2D eigenvalue weighted by Gasteiger charge is 2.69. The number of nitro groups is 1. The van der Waals surface area contributed by atoms with Gasteiger partial charge in [0.25, 0.3) is 5.91 Å². The van der Waals surface area contributed by atoms with Gasteiger partial charge in [-0.05, 0) is 56.9 Å². The highest BCUT2D eigenvalue weighted by atomic mass is 16.6. The third kappa shape index (κ3) is 4.29. The Hall–Kier alpha value is -4.04. The minimum Gasteiger partial charge on any atom is -0.443 e. The normalized spacial score (nSPS) is 26.4. The van der Waals surface area contributed by atoms with Crippen molar-refractivity contribution in [2.75, 3.05) is 4.90 Å². The lowest BCUT2D eigenvalue weighted by molar-refractivity contribution is -0.537. The number of ether oxygens (including phenoxy) is 1. The molecule has 1 aliphatic carbocycles. The molecule has 8 nitrogen and oxygen atoms in total. The van der Waals surface area contributed by atoms with E-state index in [0.29, 0.717) is 16.7 Å². The second-order valence-electron chi connectivity index (χ2n) is 11.4. The minimum atomic E-state index is -1.77. The molecule has 1 saturated carbocycles. The molecule has 1 spiro atoms. The number of carbonyl (C=O) groups is 2. The van der Waals surface area contributed by atoms with E-state index in [1.54, 1.807) is 57.2 Å². The van der Waals surface area contributed by atoms with E-state index in [9.17, 15) is 24.8 Å². The second kappa shape index (κ2) is 9.61. The fourth-order valence-corrected chi connectivity index (χ4v) is 6.35. The number of aliphatic hydroxyl groups excluding tert-OH is 1. The summed E-state index contributed by atoms with van der Waals surface area (Å²) in [5, 5.41) is 25.0. The Bertz CT molecular complexity index is 1410. The second-order valence-corrected chi connectivity index (χ2v) is 11.4. The van der Waals surface area contributed by atoms with E-state index in [1.165, 1.54) is 0 Å². The molecule has 8 heteroatoms. The van der Waals surface area contributed by atoms with Crippen molar-refractivity contribution in [2.24, 2.45) is 0 Å². The van der Waals surface area contributed by atoms with Crippen molar-refractivity contribution in [3.8, 4) is 0 Å². The van der Waals surface area contributed by atoms with Crippen LogP contribution in [0, 0.1) is 17.0 Å². The van der Waals surface area contributed by atoms with E-state index in [-0.39, 0.29) is 17.0 Å². The molecule has 2 aliphatic rings. The summed E-state index contributed by atoms with van der Waals surface area (Å²) in [6.07, 6.45) is -2.22. The average molecular weight is 529 g/mol. The number of para-hydroxylation sites is 1. The van der Waals surface area contributed by atoms with Gasteiger partial charge in [-0.2, -0.15) is 0 Å². The van der Waals surface area contributed by atoms with Gasteiger partial charge < -0.3 is 9.84 Å². The van der Waals surface area contributed by atoms with Crippen LogP contribution >= 0.6 is 0 Å². The Balaban J connectivity index is 1.78. The molecular weight excluding hydrogens is 496 g/mol. The Morgan fingerprint density at radius 2 is 1.62 bits per heavy atom. The molecule has 0 bridgehead atoms. The zero-order chi connectivity index (χ0) is 28.1. The van der Waals surface area contributed by atoms with E-state index in [0.717, 1.165) is 10.5 Å². The number of nitrogens with zero attached hydrogens (tertiary/aromatic N) is 2. The van der Waals surface area contributed by atoms with Gasteiger partial charge in [0.2, 0.25) is 6.04 Å². The average Bonchev–Trinajstić information content (AvgIpc) is 3.14. The van der Waals surface area contributed by atoms with E-state index in [2.05, 4.69) is 0 Å². The summed E-state index contributed by atoms with van der Waals surface area (Å²) in [6, 6.07) is 21.8. The van der Waals surface area contributed by atoms with Crippen molar-refractivity contribution < 1.29 is 24.4 Å². The van der Waals surface area contributed by atoms with Crippen LogP contribution in [0.4, 0.5) is 10.5 Å². The monoisotopic (exact) mass is 528 g/mol. The smallest absolute Gasteiger partial charge is 0.421 e. The van der Waals surface area contributed by atoms with E-state index < -0.39 is 47.0 Å². The Labute approximate surface area is 227 Å². The van der Waals surface area contributed by atoms with Crippen LogP contribution in [0.15, 0.2) is 78.9 Å². The molecule has 1 N–H and O–H groups in total. The first-order valence-corrected chi connectivity index (χ1v) is 13.1. The zero-order valence-corrected chi connectivity index (χ0v) is 22.4. The summed E-state index contributed by atoms with van der Waals surface area (Å²) in [5.74, 6) is -2.44. The summed E-state index contributed by atoms with van der Waals surface area (Å²) in [7, 11) is 0. The predicted molar refractivity (Wildman–Crippen MR) is 146 cm³/mol. The fraction of sp³-hybridized carbons (Fsp3) is 0.355. The molecule has 0 aromatic heterocycles. The fourth-order valence-electron chi connectivity index (χ4n) is 6.35. The number of anilines is 1. The molecule has 3 aromatic carbocycles. The van der Waals surface area contributed by atoms with Crippen LogP contribution in [0.5, 0.6) is 0 Å². The van der Waals surface area contributed by atoms with Crippen LogP contribution < -0.4 is 4.90 Å². The van der Waals surface area contributed by atoms with Gasteiger partial charge >= 0.3 is 6.09 Å². The van der Waals surface area contributed by atoms with Crippen LogP contribution in [0.3, 0.4) is 0 Å². The summed E-state index contributed by atoms with van der Waals surface area (Å²) < 4.78 is 5.59. The molecule has 5 rings (SSSR count). The summed E-state index contributed by atoms with van der Waals surface area (Å²) in [5.41, 5.74) is 0.224. The number of hydrogen-bond donors (Lipinski definition) is 1. The summed E-state index contributed by atoms with van der Waals surface area (Å²) in [4.78, 5) is 41.6. The van der Waals surface area contributed by atoms with Gasteiger partial charge in [-0.1, -0.05) is 78.4 Å². The molecule has 0 radical (unpaired) electrons. The Morgan fingerprint density at radius 3 is 2.23 bits per heavy atom. The van der Waals surface area contributed by atoms with Crippen LogP contribution in [0.1, 0.15) is 61.3 Å². The highest BCUT2D eigenvalue weighted by molar-refractivity contribution is 6.22. The first kappa shape index (κ1) is 26.6. The molecule has 1 fully saturated rings. The lowest BCUT2D eigenvalue weighted by Crippen LogP contribution is -2.62. The summed E-state index contributed by atoms with van der Waals surface area (Å²) >= 11 is 0. The van der Waals surface area contributed by atoms with Gasteiger partial charge in [-0.25, -0.2) is 9.69 Å². The van der Waals surface area contributed by atoms with Gasteiger partial charge in [-0.3, -0.25) is 14.9 Å². The zero-order valence-electron chi connectivity index (χ0n) is 22.4. The molecule has 3 aromatic rings. The van der Waals surface area contributed by atoms with Crippen molar-refractivity contribution in [3.63, 3.8) is 0 Å². The molecular formula is C31H32N2O6. The lowest BCUT2D eigenvalue weighted by Gasteiger charge is -2.47. The van der Waals surface area contributed by atoms with Crippen LogP contribution in [0.25, 0.3) is 0 Å². The maximum atomic E-state index is 14.6. The molecule has 1 heterocycles. The lowest BCUT2D eigenvalue weighted by atomic mass is 9.54. The third-order valence-corrected chi connectivity index (χ3v) is 7.88. The number of fused-ring (bicyclic) bond motifs is 2. The number of carbonyl (C=O) groups excluding carboxylic acids is 2. The van der Waals surface area contributed by atoms with Crippen LogP contribution in [0.2, 0.25) is 0 Å². The quantitative estimate of drug-likeness (QED) is 0.356. The SMILES string of the molecule is Cc1ccc([C@H]2[C@H]([N+](=O)[O-])[C@H](c3ccccc3)C[C@@H](O)[C@@]23C(=O)N(C(=O)OC(C)(C)C)c2ccccc23)cc1. The van der Waals surface area contributed by atoms with Crippen molar-refractivity contribution >= 4 is 17.7 Å². The molecule has 0 saturated heterocycles. The van der Waals surface area contributed by atoms with Gasteiger partial charge in [0.05, 0.1) is 23.6 Å². The van der Waals surface area contributed by atoms with Crippen molar-refractivity contribution in [3.05, 3.63) is 111 Å². The number of hydrogen-bond acceptors (Lipinski definition) is 6. The first-order valence-electron chi connectivity index (χ1n) is 13.1. The largest absolute Gasteiger partial charge is 0.443 e. The third-order valence-electron chi connectivity index (χ3n) is 7.88. The number of aryl methyl sites for hydroxylation is 1. The van der Waals surface area contributed by atoms with Gasteiger partial charge in [0, 0.05) is 4.92 Å². The van der Waals surface area contributed by atoms with Gasteiger partial charge in [0.1, 0.15) is 11.0 Å². The molecule has 0 unspecified atom stereocenters. The highest BCUT2D eigenvalue weighted by Crippen LogP contribution is 2.60. The van der Waals surface area contributed by atoms with E-state index in [1.807, 2.05) is 49.4 Å². The Kier molecular flexibility index (Phi) is 6.55. The molecule has 39 heavy (non-hydrogen) atoms. The minimum absolute atomic E-state index is 0.0275. The van der Waals surface area contributed by atoms with Crippen molar-refractivity contribution in [1.82, 2.24) is 0 Å². The number of imide groups is 1. The predicted octanol–water partition coefficient (Wildman–Crippen LogP) is 5.49. The standard InChI is InChI=1S/C31H32N2O6/c1-19-14-16-21(17-15-19)26-27(33(37)38)22(20-10-6-5-7-11-20)18-25(34)31(26)23-12-8-9-13-24(23)32(28(31)35)29(36)39-30(2,3)4/h5-17,22,25-27,34H,18H2,1-4H3/t22-,25+,26-,27+,31+/m0/s1. The molecule has 1 aliphatic heterocycles. The number of rotatable bonds is 3. The van der Waals surface area contributed by atoms with Crippen molar-refractivity contribution in [2.45, 2.75) is 69.1 Å². The molecule has 2 amide bonds. The Morgan fingerprint density at radius 1 is 1.00 bits per heavy atom. The maximum Gasteiger partial charge on any atom is 0.421 e. The van der Waals surface area contributed by atoms with Gasteiger partial charge in [-0.15, -0.1) is 0 Å². The number of aliphatic hydroxyl groups is 1. The molecule has 202 valence electrons.